The molecule has 27 heavy (non-hydrogen) atoms. The highest BCUT2D eigenvalue weighted by Crippen LogP contribution is 2.40. The van der Waals surface area contributed by atoms with Gasteiger partial charge in [-0.05, 0) is 35.1 Å². The molecule has 0 radical (unpaired) electrons. The van der Waals surface area contributed by atoms with Crippen molar-refractivity contribution in [1.82, 2.24) is 0 Å². The van der Waals surface area contributed by atoms with E-state index in [-0.39, 0.29) is 10.8 Å². The van der Waals surface area contributed by atoms with Crippen LogP contribution in [0, 0.1) is 0 Å². The minimum Gasteiger partial charge on any atom is -0.508 e. The summed E-state index contributed by atoms with van der Waals surface area (Å²) in [5.41, 5.74) is 8.31. The van der Waals surface area contributed by atoms with E-state index in [4.69, 9.17) is 10.5 Å². The lowest BCUT2D eigenvalue weighted by Crippen LogP contribution is -2.47. The number of nitrogens with two attached hydrogens (primary N) is 1. The predicted molar refractivity (Wildman–Crippen MR) is 119 cm³/mol. The summed E-state index contributed by atoms with van der Waals surface area (Å²) in [6.07, 6.45) is 0.675. The summed E-state index contributed by atoms with van der Waals surface area (Å²) in [6, 6.07) is 12.1. The van der Waals surface area contributed by atoms with Crippen molar-refractivity contribution in [3.8, 4) is 11.5 Å². The van der Waals surface area contributed by atoms with Gasteiger partial charge in [-0.1, -0.05) is 72.0 Å². The van der Waals surface area contributed by atoms with E-state index in [1.165, 1.54) is 5.19 Å². The molecule has 0 amide bonds. The number of aromatic hydroxyl groups is 1. The van der Waals surface area contributed by atoms with E-state index >= 15 is 0 Å². The molecule has 0 aromatic heterocycles. The number of phenolic OH excluding ortho intramolecular Hbond substituents is 1. The summed E-state index contributed by atoms with van der Waals surface area (Å²) in [5, 5.41) is 11.9. The topological polar surface area (TPSA) is 55.5 Å². The maximum Gasteiger partial charge on any atom is 0.124 e. The zero-order chi connectivity index (χ0) is 20.6. The van der Waals surface area contributed by atoms with Gasteiger partial charge in [0.2, 0.25) is 0 Å². The first-order valence-electron chi connectivity index (χ1n) is 9.58. The van der Waals surface area contributed by atoms with Crippen molar-refractivity contribution in [2.45, 2.75) is 65.5 Å². The maximum absolute atomic E-state index is 10.6. The summed E-state index contributed by atoms with van der Waals surface area (Å²) >= 11 is 0. The molecule has 0 heterocycles. The van der Waals surface area contributed by atoms with E-state index in [1.54, 1.807) is 0 Å². The Kier molecular flexibility index (Phi) is 5.72. The lowest BCUT2D eigenvalue weighted by molar-refractivity contribution is 0.360. The Balaban J connectivity index is 2.40. The second-order valence-corrected chi connectivity index (χ2v) is 14.8. The fourth-order valence-electron chi connectivity index (χ4n) is 3.15. The molecular weight excluding hydrogens is 350 g/mol. The molecule has 0 aliphatic carbocycles. The van der Waals surface area contributed by atoms with Crippen molar-refractivity contribution < 1.29 is 9.84 Å². The van der Waals surface area contributed by atoms with Crippen LogP contribution in [0.2, 0.25) is 13.1 Å². The smallest absolute Gasteiger partial charge is 0.124 e. The Morgan fingerprint density at radius 2 is 1.41 bits per heavy atom. The minimum atomic E-state index is -1.78. The second-order valence-electron chi connectivity index (χ2n) is 10.2. The molecule has 0 fully saturated rings. The van der Waals surface area contributed by atoms with Crippen LogP contribution in [0.3, 0.4) is 0 Å². The van der Waals surface area contributed by atoms with Crippen LogP contribution < -0.4 is 15.7 Å². The predicted octanol–water partition coefficient (Wildman–Crippen LogP) is 5.10. The minimum absolute atomic E-state index is 0.115. The van der Waals surface area contributed by atoms with E-state index in [2.05, 4.69) is 66.8 Å². The average Bonchev–Trinajstić information content (AvgIpc) is 2.52. The van der Waals surface area contributed by atoms with E-state index in [0.29, 0.717) is 12.0 Å². The first kappa shape index (κ1) is 21.4. The second kappa shape index (κ2) is 7.23. The van der Waals surface area contributed by atoms with Crippen molar-refractivity contribution in [2.24, 2.45) is 0 Å². The average molecular weight is 386 g/mol. The number of benzene rings is 2. The van der Waals surface area contributed by atoms with E-state index in [1.807, 2.05) is 24.3 Å². The normalized spacial score (nSPS) is 12.9. The van der Waals surface area contributed by atoms with Gasteiger partial charge < -0.3 is 15.6 Å². The van der Waals surface area contributed by atoms with E-state index < -0.39 is 8.07 Å². The third-order valence-electron chi connectivity index (χ3n) is 4.99. The van der Waals surface area contributed by atoms with Gasteiger partial charge in [0, 0.05) is 16.8 Å². The fourth-order valence-corrected chi connectivity index (χ4v) is 4.90. The maximum atomic E-state index is 10.6. The Morgan fingerprint density at radius 1 is 0.889 bits per heavy atom. The largest absolute Gasteiger partial charge is 0.508 e. The van der Waals surface area contributed by atoms with Crippen LogP contribution >= 0.6 is 0 Å². The Morgan fingerprint density at radius 3 is 1.89 bits per heavy atom. The fraction of sp³-hybridized carbons (Fsp3) is 0.478. The summed E-state index contributed by atoms with van der Waals surface area (Å²) < 4.78 is 6.42. The molecule has 0 aliphatic heterocycles. The van der Waals surface area contributed by atoms with Gasteiger partial charge in [-0.15, -0.1) is 0 Å². The number of hydrogen-bond acceptors (Lipinski definition) is 3. The number of anilines is 1. The van der Waals surface area contributed by atoms with Gasteiger partial charge in [0.25, 0.3) is 0 Å². The molecule has 0 spiro atoms. The summed E-state index contributed by atoms with van der Waals surface area (Å²) in [6.45, 7) is 17.4. The lowest BCUT2D eigenvalue weighted by Gasteiger charge is -2.30. The van der Waals surface area contributed by atoms with Crippen LogP contribution in [0.4, 0.5) is 5.69 Å². The zero-order valence-electron chi connectivity index (χ0n) is 18.1. The first-order valence-corrected chi connectivity index (χ1v) is 12.8. The van der Waals surface area contributed by atoms with E-state index in [0.717, 1.165) is 22.6 Å². The summed E-state index contributed by atoms with van der Waals surface area (Å²) in [4.78, 5) is 0. The summed E-state index contributed by atoms with van der Waals surface area (Å²) in [5.74, 6) is 1.22. The van der Waals surface area contributed by atoms with Crippen molar-refractivity contribution in [1.29, 1.82) is 0 Å². The van der Waals surface area contributed by atoms with Crippen molar-refractivity contribution in [3.63, 3.8) is 0 Å². The number of ether oxygens (including phenoxy) is 1. The summed E-state index contributed by atoms with van der Waals surface area (Å²) in [7, 11) is -1.78. The molecule has 3 N–H and O–H groups in total. The van der Waals surface area contributed by atoms with Crippen LogP contribution in [0.5, 0.6) is 11.5 Å². The quantitative estimate of drug-likeness (QED) is 0.568. The van der Waals surface area contributed by atoms with Crippen molar-refractivity contribution in [3.05, 3.63) is 47.5 Å². The van der Waals surface area contributed by atoms with Crippen molar-refractivity contribution in [2.75, 3.05) is 12.0 Å². The van der Waals surface area contributed by atoms with Crippen LogP contribution in [-0.4, -0.2) is 19.4 Å². The van der Waals surface area contributed by atoms with Crippen LogP contribution in [0.15, 0.2) is 36.4 Å². The van der Waals surface area contributed by atoms with Gasteiger partial charge in [0.15, 0.2) is 0 Å². The number of hydrogen-bond donors (Lipinski definition) is 2. The Labute approximate surface area is 165 Å². The number of nitrogen functional groups attached to an aromatic ring is 1. The molecule has 0 bridgehead atoms. The number of rotatable bonds is 4. The third-order valence-corrected chi connectivity index (χ3v) is 7.76. The molecule has 0 unspecified atom stereocenters. The molecule has 0 atom stereocenters. The highest BCUT2D eigenvalue weighted by molar-refractivity contribution is 6.89. The molecule has 4 heteroatoms. The zero-order valence-corrected chi connectivity index (χ0v) is 19.1. The van der Waals surface area contributed by atoms with Gasteiger partial charge in [0.05, 0.1) is 6.23 Å². The third kappa shape index (κ3) is 5.07. The molecule has 148 valence electrons. The molecule has 2 aromatic rings. The molecule has 0 saturated carbocycles. The van der Waals surface area contributed by atoms with Gasteiger partial charge in [-0.25, -0.2) is 0 Å². The monoisotopic (exact) mass is 385 g/mol. The van der Waals surface area contributed by atoms with Crippen LogP contribution in [0.25, 0.3) is 0 Å². The SMILES string of the molecule is CC(C)(C)c1cc(OC[Si](C)(C)c2ccc(N)cc2)c(C(C)(C)C)cc1O. The molecular formula is C23H35NO2Si. The van der Waals surface area contributed by atoms with Gasteiger partial charge >= 0.3 is 0 Å². The molecule has 2 rings (SSSR count). The highest BCUT2D eigenvalue weighted by atomic mass is 28.3. The standard InChI is InChI=1S/C23H35NO2Si/c1-22(2,3)18-14-21(19(13-20(18)25)23(4,5)6)26-15-27(7,8)17-11-9-16(24)10-12-17/h9-14,25H,15,24H2,1-8H3. The van der Waals surface area contributed by atoms with Gasteiger partial charge in [-0.3, -0.25) is 0 Å². The highest BCUT2D eigenvalue weighted by Gasteiger charge is 2.29. The Bertz CT molecular complexity index is 797. The molecule has 2 aromatic carbocycles. The van der Waals surface area contributed by atoms with E-state index in [9.17, 15) is 5.11 Å². The first-order chi connectivity index (χ1) is 12.2. The van der Waals surface area contributed by atoms with Crippen LogP contribution in [0.1, 0.15) is 52.7 Å². The number of phenols is 1. The van der Waals surface area contributed by atoms with Crippen molar-refractivity contribution >= 4 is 18.9 Å². The lowest BCUT2D eigenvalue weighted by atomic mass is 9.81. The Hall–Kier alpha value is -1.94. The van der Waals surface area contributed by atoms with Gasteiger partial charge in [0.1, 0.15) is 19.6 Å². The molecule has 0 saturated heterocycles. The van der Waals surface area contributed by atoms with Crippen LogP contribution in [-0.2, 0) is 10.8 Å². The molecule has 0 aliphatic rings. The van der Waals surface area contributed by atoms with Gasteiger partial charge in [-0.2, -0.15) is 0 Å². The molecule has 3 nitrogen and oxygen atoms in total.